The molecule has 2 saturated heterocycles. The predicted octanol–water partition coefficient (Wildman–Crippen LogP) is 2.13. The monoisotopic (exact) mass is 356 g/mol. The first-order valence-electron chi connectivity index (χ1n) is 9.14. The lowest BCUT2D eigenvalue weighted by atomic mass is 10.0. The molecule has 26 heavy (non-hydrogen) atoms. The fraction of sp³-hybridized carbons (Fsp3) is 0.500. The second-order valence-corrected chi connectivity index (χ2v) is 7.32. The SMILES string of the molecule is Cc1ccc2c(CC(=O)N3CC[C@@H]4OCC(=O)N(C)[C@H]4CC3)coc2c1. The van der Waals surface area contributed by atoms with Crippen LogP contribution in [-0.2, 0) is 20.7 Å². The molecule has 0 spiro atoms. The quantitative estimate of drug-likeness (QED) is 0.827. The van der Waals surface area contributed by atoms with Crippen molar-refractivity contribution in [3.8, 4) is 0 Å². The van der Waals surface area contributed by atoms with Crippen LogP contribution in [-0.4, -0.2) is 60.5 Å². The Hall–Kier alpha value is -2.34. The molecule has 2 fully saturated rings. The van der Waals surface area contributed by atoms with Gasteiger partial charge in [0, 0.05) is 31.1 Å². The summed E-state index contributed by atoms with van der Waals surface area (Å²) < 4.78 is 11.3. The van der Waals surface area contributed by atoms with Crippen molar-refractivity contribution in [3.05, 3.63) is 35.6 Å². The third-order valence-corrected chi connectivity index (χ3v) is 5.62. The van der Waals surface area contributed by atoms with E-state index in [-0.39, 0.29) is 30.6 Å². The van der Waals surface area contributed by atoms with E-state index in [1.807, 2.05) is 37.1 Å². The molecule has 0 radical (unpaired) electrons. The number of likely N-dealkylation sites (N-methyl/N-ethyl adjacent to an activating group) is 1. The molecule has 4 rings (SSSR count). The number of fused-ring (bicyclic) bond motifs is 2. The Morgan fingerprint density at radius 1 is 1.27 bits per heavy atom. The van der Waals surface area contributed by atoms with Gasteiger partial charge in [0.1, 0.15) is 12.2 Å². The summed E-state index contributed by atoms with van der Waals surface area (Å²) in [4.78, 5) is 28.4. The van der Waals surface area contributed by atoms with E-state index in [0.717, 1.165) is 34.9 Å². The Balaban J connectivity index is 1.46. The fourth-order valence-corrected chi connectivity index (χ4v) is 4.02. The minimum atomic E-state index is 0.0196. The highest BCUT2D eigenvalue weighted by atomic mass is 16.5. The van der Waals surface area contributed by atoms with Crippen molar-refractivity contribution in [3.63, 3.8) is 0 Å². The van der Waals surface area contributed by atoms with Gasteiger partial charge >= 0.3 is 0 Å². The third-order valence-electron chi connectivity index (χ3n) is 5.62. The molecule has 1 aromatic heterocycles. The summed E-state index contributed by atoms with van der Waals surface area (Å²) in [6, 6.07) is 6.10. The second-order valence-electron chi connectivity index (χ2n) is 7.32. The minimum Gasteiger partial charge on any atom is -0.464 e. The Morgan fingerprint density at radius 3 is 2.92 bits per heavy atom. The second kappa shape index (κ2) is 6.76. The number of likely N-dealkylation sites (tertiary alicyclic amines) is 1. The molecule has 1 aromatic carbocycles. The highest BCUT2D eigenvalue weighted by molar-refractivity contribution is 5.88. The molecule has 0 saturated carbocycles. The van der Waals surface area contributed by atoms with Crippen molar-refractivity contribution in [2.24, 2.45) is 0 Å². The summed E-state index contributed by atoms with van der Waals surface area (Å²) >= 11 is 0. The van der Waals surface area contributed by atoms with Crippen molar-refractivity contribution in [2.45, 2.75) is 38.3 Å². The Labute approximate surface area is 152 Å². The number of rotatable bonds is 2. The van der Waals surface area contributed by atoms with Crippen LogP contribution in [0.3, 0.4) is 0 Å². The standard InChI is InChI=1S/C20H24N2O4/c1-13-3-4-15-14(11-25-18(15)9-13)10-19(23)22-7-5-16-17(6-8-22)26-12-20(24)21(16)2/h3-4,9,11,16-17H,5-8,10,12H2,1-2H3/t16-,17-/m0/s1. The molecule has 0 N–H and O–H groups in total. The molecule has 2 aliphatic rings. The molecule has 3 heterocycles. The fourth-order valence-electron chi connectivity index (χ4n) is 4.02. The van der Waals surface area contributed by atoms with E-state index in [1.165, 1.54) is 0 Å². The Kier molecular flexibility index (Phi) is 4.44. The van der Waals surface area contributed by atoms with Gasteiger partial charge in [-0.2, -0.15) is 0 Å². The van der Waals surface area contributed by atoms with Gasteiger partial charge in [-0.05, 0) is 31.4 Å². The van der Waals surface area contributed by atoms with Gasteiger partial charge in [0.05, 0.1) is 24.8 Å². The van der Waals surface area contributed by atoms with Crippen LogP contribution in [0.15, 0.2) is 28.9 Å². The minimum absolute atomic E-state index is 0.0196. The van der Waals surface area contributed by atoms with E-state index in [1.54, 1.807) is 11.2 Å². The summed E-state index contributed by atoms with van der Waals surface area (Å²) in [5, 5.41) is 1.00. The summed E-state index contributed by atoms with van der Waals surface area (Å²) in [5.74, 6) is 0.118. The van der Waals surface area contributed by atoms with E-state index >= 15 is 0 Å². The molecule has 138 valence electrons. The van der Waals surface area contributed by atoms with Crippen molar-refractivity contribution in [2.75, 3.05) is 26.7 Å². The average Bonchev–Trinajstić information content (AvgIpc) is 2.87. The number of nitrogens with zero attached hydrogens (tertiary/aromatic N) is 2. The van der Waals surface area contributed by atoms with Gasteiger partial charge in [-0.3, -0.25) is 9.59 Å². The number of ether oxygens (including phenoxy) is 1. The van der Waals surface area contributed by atoms with Crippen LogP contribution in [0.25, 0.3) is 11.0 Å². The van der Waals surface area contributed by atoms with Crippen molar-refractivity contribution >= 4 is 22.8 Å². The van der Waals surface area contributed by atoms with Crippen LogP contribution in [0.1, 0.15) is 24.0 Å². The molecule has 0 unspecified atom stereocenters. The van der Waals surface area contributed by atoms with Gasteiger partial charge in [0.15, 0.2) is 0 Å². The van der Waals surface area contributed by atoms with Crippen LogP contribution in [0.5, 0.6) is 0 Å². The molecule has 2 amide bonds. The lowest BCUT2D eigenvalue weighted by molar-refractivity contribution is -0.154. The normalized spacial score (nSPS) is 23.8. The van der Waals surface area contributed by atoms with E-state index < -0.39 is 0 Å². The highest BCUT2D eigenvalue weighted by Gasteiger charge is 2.37. The number of morpholine rings is 1. The number of amides is 2. The Morgan fingerprint density at radius 2 is 2.08 bits per heavy atom. The van der Waals surface area contributed by atoms with Gasteiger partial charge in [-0.15, -0.1) is 0 Å². The number of hydrogen-bond acceptors (Lipinski definition) is 4. The number of carbonyl (C=O) groups excluding carboxylic acids is 2. The largest absolute Gasteiger partial charge is 0.464 e. The molecule has 0 aliphatic carbocycles. The molecule has 6 nitrogen and oxygen atoms in total. The van der Waals surface area contributed by atoms with Crippen molar-refractivity contribution < 1.29 is 18.7 Å². The lowest BCUT2D eigenvalue weighted by Crippen LogP contribution is -2.52. The van der Waals surface area contributed by atoms with E-state index in [9.17, 15) is 9.59 Å². The van der Waals surface area contributed by atoms with Crippen LogP contribution < -0.4 is 0 Å². The topological polar surface area (TPSA) is 63.0 Å². The summed E-state index contributed by atoms with van der Waals surface area (Å²) in [6.07, 6.45) is 3.56. The predicted molar refractivity (Wildman–Crippen MR) is 96.8 cm³/mol. The first-order chi connectivity index (χ1) is 12.5. The molecule has 6 heteroatoms. The van der Waals surface area contributed by atoms with E-state index in [0.29, 0.717) is 19.5 Å². The molecular formula is C20H24N2O4. The van der Waals surface area contributed by atoms with Crippen molar-refractivity contribution in [1.82, 2.24) is 9.80 Å². The number of benzene rings is 1. The van der Waals surface area contributed by atoms with Gasteiger partial charge in [0.2, 0.25) is 11.8 Å². The zero-order valence-corrected chi connectivity index (χ0v) is 15.2. The summed E-state index contributed by atoms with van der Waals surface area (Å²) in [5.41, 5.74) is 2.89. The van der Waals surface area contributed by atoms with Gasteiger partial charge < -0.3 is 19.0 Å². The number of aryl methyl sites for hydroxylation is 1. The number of carbonyl (C=O) groups is 2. The maximum absolute atomic E-state index is 12.8. The first-order valence-corrected chi connectivity index (χ1v) is 9.14. The molecule has 2 aromatic rings. The van der Waals surface area contributed by atoms with Crippen molar-refractivity contribution in [1.29, 1.82) is 0 Å². The van der Waals surface area contributed by atoms with Gasteiger partial charge in [-0.25, -0.2) is 0 Å². The van der Waals surface area contributed by atoms with Crippen LogP contribution in [0.2, 0.25) is 0 Å². The molecule has 2 aliphatic heterocycles. The molecule has 2 atom stereocenters. The maximum atomic E-state index is 12.8. The highest BCUT2D eigenvalue weighted by Crippen LogP contribution is 2.26. The van der Waals surface area contributed by atoms with Gasteiger partial charge in [0.25, 0.3) is 0 Å². The van der Waals surface area contributed by atoms with Crippen LogP contribution in [0.4, 0.5) is 0 Å². The number of hydrogen-bond donors (Lipinski definition) is 0. The molecular weight excluding hydrogens is 332 g/mol. The number of furan rings is 1. The smallest absolute Gasteiger partial charge is 0.248 e. The first kappa shape index (κ1) is 17.1. The Bertz CT molecular complexity index is 843. The maximum Gasteiger partial charge on any atom is 0.248 e. The lowest BCUT2D eigenvalue weighted by Gasteiger charge is -2.37. The van der Waals surface area contributed by atoms with Gasteiger partial charge in [-0.1, -0.05) is 12.1 Å². The van der Waals surface area contributed by atoms with E-state index in [2.05, 4.69) is 0 Å². The third kappa shape index (κ3) is 3.09. The summed E-state index contributed by atoms with van der Waals surface area (Å²) in [6.45, 7) is 3.48. The van der Waals surface area contributed by atoms with E-state index in [4.69, 9.17) is 9.15 Å². The average molecular weight is 356 g/mol. The zero-order valence-electron chi connectivity index (χ0n) is 15.2. The zero-order chi connectivity index (χ0) is 18.3. The van der Waals surface area contributed by atoms with Crippen LogP contribution >= 0.6 is 0 Å². The molecule has 0 bridgehead atoms. The summed E-state index contributed by atoms with van der Waals surface area (Å²) in [7, 11) is 1.83. The van der Waals surface area contributed by atoms with Crippen LogP contribution in [0, 0.1) is 6.92 Å².